The molecule has 0 aliphatic rings. The first-order valence-corrected chi connectivity index (χ1v) is 6.52. The van der Waals surface area contributed by atoms with Crippen LogP contribution < -0.4 is 9.64 Å². The molecule has 1 aromatic carbocycles. The van der Waals surface area contributed by atoms with Gasteiger partial charge in [-0.2, -0.15) is 0 Å². The molecule has 0 heterocycles. The Morgan fingerprint density at radius 3 is 2.62 bits per heavy atom. The first-order chi connectivity index (χ1) is 7.48. The monoisotopic (exact) mass is 285 g/mol. The summed E-state index contributed by atoms with van der Waals surface area (Å²) in [5.74, 6) is 0.904. The molecule has 2 nitrogen and oxygen atoms in total. The van der Waals surface area contributed by atoms with Crippen molar-refractivity contribution in [2.75, 3.05) is 30.9 Å². The minimum absolute atomic E-state index is 0.262. The van der Waals surface area contributed by atoms with E-state index in [1.807, 2.05) is 12.1 Å². The molecule has 0 aromatic heterocycles. The lowest BCUT2D eigenvalue weighted by atomic mass is 9.96. The van der Waals surface area contributed by atoms with E-state index < -0.39 is 0 Å². The molecule has 0 saturated carbocycles. The normalized spacial score (nSPS) is 11.3. The molecule has 0 unspecified atom stereocenters. The maximum atomic E-state index is 5.23. The van der Waals surface area contributed by atoms with E-state index in [2.05, 4.69) is 53.9 Å². The van der Waals surface area contributed by atoms with Gasteiger partial charge in [-0.05, 0) is 17.5 Å². The highest BCUT2D eigenvalue weighted by atomic mass is 79.9. The molecule has 0 spiro atoms. The van der Waals surface area contributed by atoms with Crippen LogP contribution in [0.1, 0.15) is 13.8 Å². The molecule has 1 rings (SSSR count). The topological polar surface area (TPSA) is 12.5 Å². The molecule has 0 aliphatic heterocycles. The zero-order valence-corrected chi connectivity index (χ0v) is 12.0. The Morgan fingerprint density at radius 1 is 1.38 bits per heavy atom. The number of hydrogen-bond donors (Lipinski definition) is 0. The number of ether oxygens (including phenoxy) is 1. The predicted octanol–water partition coefficient (Wildman–Crippen LogP) is 3.55. The van der Waals surface area contributed by atoms with Crippen molar-refractivity contribution in [1.29, 1.82) is 0 Å². The van der Waals surface area contributed by atoms with Crippen LogP contribution in [0, 0.1) is 5.41 Å². The van der Waals surface area contributed by atoms with Crippen LogP contribution in [-0.2, 0) is 0 Å². The number of methoxy groups -OCH3 is 1. The van der Waals surface area contributed by atoms with Gasteiger partial charge in [0.1, 0.15) is 5.75 Å². The number of nitrogens with zero attached hydrogens (tertiary/aromatic N) is 1. The number of anilines is 1. The molecule has 0 radical (unpaired) electrons. The SMILES string of the molecule is COc1cccc(N(C)CC(C)(C)CBr)c1. The van der Waals surface area contributed by atoms with E-state index in [0.717, 1.165) is 17.6 Å². The van der Waals surface area contributed by atoms with Crippen molar-refractivity contribution >= 4 is 21.6 Å². The highest BCUT2D eigenvalue weighted by Crippen LogP contribution is 2.25. The van der Waals surface area contributed by atoms with Gasteiger partial charge < -0.3 is 9.64 Å². The van der Waals surface area contributed by atoms with Crippen molar-refractivity contribution in [2.24, 2.45) is 5.41 Å². The summed E-state index contributed by atoms with van der Waals surface area (Å²) in [6.07, 6.45) is 0. The van der Waals surface area contributed by atoms with Gasteiger partial charge in [0, 0.05) is 30.7 Å². The molecular weight excluding hydrogens is 266 g/mol. The van der Waals surface area contributed by atoms with Gasteiger partial charge in [0.15, 0.2) is 0 Å². The van der Waals surface area contributed by atoms with Crippen LogP contribution in [0.2, 0.25) is 0 Å². The second kappa shape index (κ2) is 5.58. The van der Waals surface area contributed by atoms with Crippen LogP contribution in [0.4, 0.5) is 5.69 Å². The average molecular weight is 286 g/mol. The fourth-order valence-electron chi connectivity index (χ4n) is 1.62. The zero-order valence-electron chi connectivity index (χ0n) is 10.5. The van der Waals surface area contributed by atoms with Gasteiger partial charge in [0.25, 0.3) is 0 Å². The summed E-state index contributed by atoms with van der Waals surface area (Å²) in [5.41, 5.74) is 1.45. The van der Waals surface area contributed by atoms with Crippen molar-refractivity contribution in [3.05, 3.63) is 24.3 Å². The van der Waals surface area contributed by atoms with E-state index >= 15 is 0 Å². The lowest BCUT2D eigenvalue weighted by Crippen LogP contribution is -2.32. The van der Waals surface area contributed by atoms with E-state index in [-0.39, 0.29) is 5.41 Å². The Balaban J connectivity index is 2.76. The first kappa shape index (κ1) is 13.4. The number of rotatable bonds is 5. The third-order valence-corrected chi connectivity index (χ3v) is 4.04. The van der Waals surface area contributed by atoms with Crippen LogP contribution >= 0.6 is 15.9 Å². The van der Waals surface area contributed by atoms with Crippen LogP contribution in [0.25, 0.3) is 0 Å². The lowest BCUT2D eigenvalue weighted by Gasteiger charge is -2.30. The fourth-order valence-corrected chi connectivity index (χ4v) is 1.80. The second-order valence-electron chi connectivity index (χ2n) is 4.86. The molecular formula is C13H20BrNO. The third kappa shape index (κ3) is 3.71. The predicted molar refractivity (Wildman–Crippen MR) is 73.8 cm³/mol. The molecule has 90 valence electrons. The first-order valence-electron chi connectivity index (χ1n) is 5.40. The molecule has 0 N–H and O–H groups in total. The smallest absolute Gasteiger partial charge is 0.120 e. The summed E-state index contributed by atoms with van der Waals surface area (Å²) >= 11 is 3.55. The van der Waals surface area contributed by atoms with Crippen molar-refractivity contribution in [1.82, 2.24) is 0 Å². The van der Waals surface area contributed by atoms with Gasteiger partial charge in [-0.25, -0.2) is 0 Å². The van der Waals surface area contributed by atoms with Gasteiger partial charge in [0.05, 0.1) is 7.11 Å². The Labute approximate surface area is 107 Å². The van der Waals surface area contributed by atoms with Crippen LogP contribution in [0.5, 0.6) is 5.75 Å². The largest absolute Gasteiger partial charge is 0.497 e. The molecule has 1 aromatic rings. The molecule has 0 atom stereocenters. The maximum absolute atomic E-state index is 5.23. The van der Waals surface area contributed by atoms with Crippen molar-refractivity contribution < 1.29 is 4.74 Å². The highest BCUT2D eigenvalue weighted by Gasteiger charge is 2.18. The average Bonchev–Trinajstić information content (AvgIpc) is 2.28. The minimum atomic E-state index is 0.262. The second-order valence-corrected chi connectivity index (χ2v) is 5.42. The molecule has 16 heavy (non-hydrogen) atoms. The van der Waals surface area contributed by atoms with Gasteiger partial charge in [-0.1, -0.05) is 35.8 Å². The van der Waals surface area contributed by atoms with Crippen molar-refractivity contribution in [3.8, 4) is 5.75 Å². The molecule has 0 aliphatic carbocycles. The maximum Gasteiger partial charge on any atom is 0.120 e. The van der Waals surface area contributed by atoms with Crippen LogP contribution in [-0.4, -0.2) is 26.0 Å². The fraction of sp³-hybridized carbons (Fsp3) is 0.538. The van der Waals surface area contributed by atoms with E-state index in [1.165, 1.54) is 5.69 Å². The van der Waals surface area contributed by atoms with Crippen LogP contribution in [0.15, 0.2) is 24.3 Å². The van der Waals surface area contributed by atoms with E-state index in [4.69, 9.17) is 4.74 Å². The highest BCUT2D eigenvalue weighted by molar-refractivity contribution is 9.09. The summed E-state index contributed by atoms with van der Waals surface area (Å²) in [6.45, 7) is 5.50. The summed E-state index contributed by atoms with van der Waals surface area (Å²) in [7, 11) is 3.81. The Bertz CT molecular complexity index is 338. The van der Waals surface area contributed by atoms with Gasteiger partial charge in [-0.3, -0.25) is 0 Å². The third-order valence-electron chi connectivity index (χ3n) is 2.52. The van der Waals surface area contributed by atoms with Crippen molar-refractivity contribution in [2.45, 2.75) is 13.8 Å². The lowest BCUT2D eigenvalue weighted by molar-refractivity contribution is 0.413. The molecule has 0 amide bonds. The Hall–Kier alpha value is -0.700. The van der Waals surface area contributed by atoms with E-state index in [9.17, 15) is 0 Å². The summed E-state index contributed by atoms with van der Waals surface area (Å²) in [5, 5.41) is 0.994. The quantitative estimate of drug-likeness (QED) is 0.767. The number of benzene rings is 1. The van der Waals surface area contributed by atoms with Gasteiger partial charge >= 0.3 is 0 Å². The number of alkyl halides is 1. The van der Waals surface area contributed by atoms with Crippen LogP contribution in [0.3, 0.4) is 0 Å². The number of halogens is 1. The van der Waals surface area contributed by atoms with E-state index in [0.29, 0.717) is 0 Å². The standard InChI is InChI=1S/C13H20BrNO/c1-13(2,9-14)10-15(3)11-6-5-7-12(8-11)16-4/h5-8H,9-10H2,1-4H3. The number of hydrogen-bond acceptors (Lipinski definition) is 2. The zero-order chi connectivity index (χ0) is 12.2. The summed E-state index contributed by atoms with van der Waals surface area (Å²) in [6, 6.07) is 8.15. The molecule has 3 heteroatoms. The Kier molecular flexibility index (Phi) is 4.66. The molecule has 0 saturated heterocycles. The summed E-state index contributed by atoms with van der Waals surface area (Å²) < 4.78 is 5.23. The molecule has 0 bridgehead atoms. The van der Waals surface area contributed by atoms with Crippen molar-refractivity contribution in [3.63, 3.8) is 0 Å². The van der Waals surface area contributed by atoms with Gasteiger partial charge in [-0.15, -0.1) is 0 Å². The minimum Gasteiger partial charge on any atom is -0.497 e. The molecule has 0 fully saturated rings. The Morgan fingerprint density at radius 2 is 2.06 bits per heavy atom. The van der Waals surface area contributed by atoms with Gasteiger partial charge in [0.2, 0.25) is 0 Å². The summed E-state index contributed by atoms with van der Waals surface area (Å²) in [4.78, 5) is 2.25. The van der Waals surface area contributed by atoms with E-state index in [1.54, 1.807) is 7.11 Å².